The normalized spacial score (nSPS) is 18.7. The standard InChI is InChI=1S/C25H24FN3O2/c26-17-11-9-16(10-12-17)25(31)29-22-8-4-3-7-19(22)20-13-14-27-15-21(23(20)29)24(30)28-18-5-1-2-6-18/h3-4,7-12,15,18,21H,1-2,5-6,13-14H2,(H,28,30). The molecule has 1 unspecified atom stereocenters. The summed E-state index contributed by atoms with van der Waals surface area (Å²) < 4.78 is 15.1. The molecule has 0 radical (unpaired) electrons. The highest BCUT2D eigenvalue weighted by Gasteiger charge is 2.33. The molecule has 0 saturated heterocycles. The van der Waals surface area contributed by atoms with Gasteiger partial charge < -0.3 is 5.32 Å². The van der Waals surface area contributed by atoms with E-state index in [2.05, 4.69) is 10.3 Å². The molecule has 1 amide bonds. The molecule has 0 bridgehead atoms. The first kappa shape index (κ1) is 19.7. The van der Waals surface area contributed by atoms with E-state index in [4.69, 9.17) is 0 Å². The minimum atomic E-state index is -0.644. The molecule has 158 valence electrons. The van der Waals surface area contributed by atoms with Crippen LogP contribution in [0.2, 0.25) is 0 Å². The SMILES string of the molecule is O=C(NC1CCCC1)C1C=NCCc2c1n(C(=O)c1ccc(F)cc1)c1ccccc21. The maximum absolute atomic E-state index is 13.6. The monoisotopic (exact) mass is 417 g/mol. The number of aromatic nitrogens is 1. The zero-order valence-electron chi connectivity index (χ0n) is 17.2. The molecular weight excluding hydrogens is 393 g/mol. The molecule has 1 saturated carbocycles. The van der Waals surface area contributed by atoms with E-state index < -0.39 is 11.7 Å². The number of rotatable bonds is 3. The van der Waals surface area contributed by atoms with E-state index in [9.17, 15) is 14.0 Å². The van der Waals surface area contributed by atoms with Gasteiger partial charge in [-0.2, -0.15) is 0 Å². The number of benzene rings is 2. The number of para-hydroxylation sites is 1. The predicted molar refractivity (Wildman–Crippen MR) is 118 cm³/mol. The summed E-state index contributed by atoms with van der Waals surface area (Å²) in [7, 11) is 0. The molecule has 5 rings (SSSR count). The Kier molecular flexibility index (Phi) is 5.14. The van der Waals surface area contributed by atoms with E-state index in [0.717, 1.165) is 42.1 Å². The number of halogens is 1. The van der Waals surface area contributed by atoms with Gasteiger partial charge in [0.15, 0.2) is 0 Å². The maximum Gasteiger partial charge on any atom is 0.262 e. The highest BCUT2D eigenvalue weighted by atomic mass is 19.1. The Morgan fingerprint density at radius 3 is 2.55 bits per heavy atom. The third kappa shape index (κ3) is 3.56. The van der Waals surface area contributed by atoms with E-state index in [-0.39, 0.29) is 17.9 Å². The quantitative estimate of drug-likeness (QED) is 0.693. The summed E-state index contributed by atoms with van der Waals surface area (Å²) in [6.07, 6.45) is 6.56. The first-order valence-corrected chi connectivity index (χ1v) is 10.9. The second-order valence-electron chi connectivity index (χ2n) is 8.30. The van der Waals surface area contributed by atoms with Crippen LogP contribution < -0.4 is 5.32 Å². The molecule has 31 heavy (non-hydrogen) atoms. The molecule has 2 aliphatic rings. The fraction of sp³-hybridized carbons (Fsp3) is 0.320. The van der Waals surface area contributed by atoms with Crippen molar-refractivity contribution < 1.29 is 14.0 Å². The largest absolute Gasteiger partial charge is 0.352 e. The van der Waals surface area contributed by atoms with E-state index >= 15 is 0 Å². The summed E-state index contributed by atoms with van der Waals surface area (Å²) in [6, 6.07) is 13.4. The zero-order valence-corrected chi connectivity index (χ0v) is 17.2. The van der Waals surface area contributed by atoms with Crippen LogP contribution in [0.5, 0.6) is 0 Å². The molecule has 3 aromatic rings. The Bertz CT molecular complexity index is 1170. The maximum atomic E-state index is 13.6. The van der Waals surface area contributed by atoms with Gasteiger partial charge in [0.25, 0.3) is 5.91 Å². The molecule has 1 atom stereocenters. The third-order valence-electron chi connectivity index (χ3n) is 6.34. The van der Waals surface area contributed by atoms with Gasteiger partial charge in [-0.3, -0.25) is 19.1 Å². The number of aliphatic imine (C=N–C) groups is 1. The summed E-state index contributed by atoms with van der Waals surface area (Å²) in [5.74, 6) is -1.43. The van der Waals surface area contributed by atoms with Crippen LogP contribution >= 0.6 is 0 Å². The van der Waals surface area contributed by atoms with Crippen LogP contribution in [0, 0.1) is 5.82 Å². The number of hydrogen-bond donors (Lipinski definition) is 1. The highest BCUT2D eigenvalue weighted by molar-refractivity contribution is 6.08. The number of carbonyl (C=O) groups excluding carboxylic acids is 2. The van der Waals surface area contributed by atoms with Crippen molar-refractivity contribution in [1.82, 2.24) is 9.88 Å². The van der Waals surface area contributed by atoms with Gasteiger partial charge in [-0.1, -0.05) is 31.0 Å². The van der Waals surface area contributed by atoms with Crippen LogP contribution in [0.1, 0.15) is 53.2 Å². The van der Waals surface area contributed by atoms with Crippen molar-refractivity contribution in [3.8, 4) is 0 Å². The Labute approximate surface area is 180 Å². The summed E-state index contributed by atoms with van der Waals surface area (Å²) in [6.45, 7) is 0.568. The van der Waals surface area contributed by atoms with E-state index in [1.165, 1.54) is 24.3 Å². The topological polar surface area (TPSA) is 63.5 Å². The van der Waals surface area contributed by atoms with Gasteiger partial charge in [-0.05, 0) is 55.2 Å². The number of carbonyl (C=O) groups is 2. The first-order valence-electron chi connectivity index (χ1n) is 10.9. The van der Waals surface area contributed by atoms with Crippen molar-refractivity contribution in [3.05, 3.63) is 71.2 Å². The van der Waals surface area contributed by atoms with Crippen molar-refractivity contribution in [2.45, 2.75) is 44.1 Å². The number of nitrogens with one attached hydrogen (secondary N) is 1. The molecule has 5 nitrogen and oxygen atoms in total. The van der Waals surface area contributed by atoms with Gasteiger partial charge in [-0.25, -0.2) is 4.39 Å². The number of nitrogens with zero attached hydrogens (tertiary/aromatic N) is 2. The van der Waals surface area contributed by atoms with E-state index in [1.807, 2.05) is 24.3 Å². The third-order valence-corrected chi connectivity index (χ3v) is 6.34. The summed E-state index contributed by atoms with van der Waals surface area (Å²) >= 11 is 0. The molecule has 0 spiro atoms. The van der Waals surface area contributed by atoms with Gasteiger partial charge in [0.05, 0.1) is 5.52 Å². The van der Waals surface area contributed by atoms with Crippen molar-refractivity contribution in [2.75, 3.05) is 6.54 Å². The second-order valence-corrected chi connectivity index (χ2v) is 8.30. The van der Waals surface area contributed by atoms with Crippen molar-refractivity contribution >= 4 is 28.9 Å². The zero-order chi connectivity index (χ0) is 21.4. The second kappa shape index (κ2) is 8.10. The number of fused-ring (bicyclic) bond motifs is 3. The van der Waals surface area contributed by atoms with Crippen molar-refractivity contribution in [3.63, 3.8) is 0 Å². The van der Waals surface area contributed by atoms with Crippen molar-refractivity contribution in [1.29, 1.82) is 0 Å². The predicted octanol–water partition coefficient (Wildman–Crippen LogP) is 4.24. The minimum absolute atomic E-state index is 0.116. The van der Waals surface area contributed by atoms with Crippen LogP contribution in [0.25, 0.3) is 10.9 Å². The minimum Gasteiger partial charge on any atom is -0.352 e. The lowest BCUT2D eigenvalue weighted by molar-refractivity contribution is -0.121. The molecule has 2 aromatic carbocycles. The fourth-order valence-corrected chi connectivity index (χ4v) is 4.84. The van der Waals surface area contributed by atoms with Gasteiger partial charge in [0.1, 0.15) is 11.7 Å². The van der Waals surface area contributed by atoms with Crippen LogP contribution in [-0.4, -0.2) is 35.2 Å². The van der Waals surface area contributed by atoms with Crippen LogP contribution in [0.4, 0.5) is 4.39 Å². The molecule has 1 aliphatic heterocycles. The lowest BCUT2D eigenvalue weighted by Gasteiger charge is -2.19. The van der Waals surface area contributed by atoms with Gasteiger partial charge in [-0.15, -0.1) is 0 Å². The lowest BCUT2D eigenvalue weighted by Crippen LogP contribution is -2.38. The Morgan fingerprint density at radius 2 is 1.77 bits per heavy atom. The average Bonchev–Trinajstić information content (AvgIpc) is 3.33. The number of hydrogen-bond acceptors (Lipinski definition) is 3. The number of amides is 1. The summed E-state index contributed by atoms with van der Waals surface area (Å²) in [5.41, 5.74) is 2.79. The van der Waals surface area contributed by atoms with Crippen LogP contribution in [0.15, 0.2) is 53.5 Å². The molecule has 2 heterocycles. The molecule has 1 fully saturated rings. The molecule has 1 aliphatic carbocycles. The molecular formula is C25H24FN3O2. The van der Waals surface area contributed by atoms with Crippen LogP contribution in [0.3, 0.4) is 0 Å². The average molecular weight is 417 g/mol. The van der Waals surface area contributed by atoms with E-state index in [1.54, 1.807) is 10.8 Å². The van der Waals surface area contributed by atoms with Crippen LogP contribution in [-0.2, 0) is 11.2 Å². The highest BCUT2D eigenvalue weighted by Crippen LogP contribution is 2.34. The summed E-state index contributed by atoms with van der Waals surface area (Å²) in [5, 5.41) is 4.13. The lowest BCUT2D eigenvalue weighted by atomic mass is 9.98. The summed E-state index contributed by atoms with van der Waals surface area (Å²) in [4.78, 5) is 31.4. The van der Waals surface area contributed by atoms with Crippen molar-refractivity contribution in [2.24, 2.45) is 4.99 Å². The molecule has 6 heteroatoms. The fourth-order valence-electron chi connectivity index (χ4n) is 4.84. The smallest absolute Gasteiger partial charge is 0.262 e. The van der Waals surface area contributed by atoms with Gasteiger partial charge >= 0.3 is 0 Å². The Hall–Kier alpha value is -3.28. The molecule has 1 N–H and O–H groups in total. The van der Waals surface area contributed by atoms with Gasteiger partial charge in [0.2, 0.25) is 5.91 Å². The first-order chi connectivity index (χ1) is 15.1. The van der Waals surface area contributed by atoms with E-state index in [0.29, 0.717) is 24.2 Å². The molecule has 1 aromatic heterocycles. The Morgan fingerprint density at radius 1 is 1.03 bits per heavy atom. The van der Waals surface area contributed by atoms with Gasteiger partial charge in [0, 0.05) is 35.4 Å². The Balaban J connectivity index is 1.66.